The van der Waals surface area contributed by atoms with E-state index in [4.69, 9.17) is 11.6 Å². The van der Waals surface area contributed by atoms with E-state index in [1.807, 2.05) is 18.2 Å². The van der Waals surface area contributed by atoms with Gasteiger partial charge in [0.1, 0.15) is 0 Å². The molecule has 0 fully saturated rings. The maximum Gasteiger partial charge on any atom is 0.0408 e. The lowest BCUT2D eigenvalue weighted by atomic mass is 9.94. The lowest BCUT2D eigenvalue weighted by molar-refractivity contribution is 0.759. The molecular weight excluding hydrogens is 216 g/mol. The summed E-state index contributed by atoms with van der Waals surface area (Å²) >= 11 is 5.99. The van der Waals surface area contributed by atoms with Crippen LogP contribution < -0.4 is 0 Å². The Kier molecular flexibility index (Phi) is 3.63. The fourth-order valence-electron chi connectivity index (χ4n) is 1.90. The van der Waals surface area contributed by atoms with Crippen LogP contribution >= 0.6 is 11.6 Å². The standard InChI is InChI=1S/C15H15Cl/c1-12(10-13-6-3-2-4-7-13)14-8-5-9-15(16)11-14/h2-9,11-12H,10H2,1H3. The summed E-state index contributed by atoms with van der Waals surface area (Å²) in [5, 5.41) is 0.817. The third-order valence-electron chi connectivity index (χ3n) is 2.80. The van der Waals surface area contributed by atoms with E-state index in [1.54, 1.807) is 0 Å². The van der Waals surface area contributed by atoms with Gasteiger partial charge in [0.05, 0.1) is 0 Å². The average molecular weight is 231 g/mol. The maximum absolute atomic E-state index is 5.99. The van der Waals surface area contributed by atoms with Crippen LogP contribution in [-0.4, -0.2) is 0 Å². The number of hydrogen-bond acceptors (Lipinski definition) is 0. The second-order valence-corrected chi connectivity index (χ2v) is 4.58. The normalized spacial score (nSPS) is 12.4. The number of rotatable bonds is 3. The number of hydrogen-bond donors (Lipinski definition) is 0. The third kappa shape index (κ3) is 2.86. The van der Waals surface area contributed by atoms with Crippen LogP contribution in [0.2, 0.25) is 5.02 Å². The Morgan fingerprint density at radius 3 is 2.44 bits per heavy atom. The van der Waals surface area contributed by atoms with Crippen LogP contribution in [-0.2, 0) is 6.42 Å². The zero-order valence-electron chi connectivity index (χ0n) is 9.36. The highest BCUT2D eigenvalue weighted by Gasteiger charge is 2.06. The summed E-state index contributed by atoms with van der Waals surface area (Å²) in [4.78, 5) is 0. The molecule has 0 N–H and O–H groups in total. The molecule has 0 spiro atoms. The van der Waals surface area contributed by atoms with Crippen molar-refractivity contribution < 1.29 is 0 Å². The Morgan fingerprint density at radius 2 is 1.75 bits per heavy atom. The van der Waals surface area contributed by atoms with Crippen molar-refractivity contribution in [2.45, 2.75) is 19.3 Å². The van der Waals surface area contributed by atoms with E-state index in [1.165, 1.54) is 11.1 Å². The molecule has 0 saturated carbocycles. The van der Waals surface area contributed by atoms with Crippen molar-refractivity contribution in [1.29, 1.82) is 0 Å². The Hall–Kier alpha value is -1.27. The molecule has 0 aliphatic rings. The molecule has 1 heteroatoms. The molecule has 0 aliphatic carbocycles. The first kappa shape index (κ1) is 11.2. The van der Waals surface area contributed by atoms with Crippen molar-refractivity contribution in [2.24, 2.45) is 0 Å². The van der Waals surface area contributed by atoms with Gasteiger partial charge in [0, 0.05) is 5.02 Å². The summed E-state index contributed by atoms with van der Waals surface area (Å²) in [6.45, 7) is 2.23. The minimum absolute atomic E-state index is 0.501. The predicted molar refractivity (Wildman–Crippen MR) is 70.0 cm³/mol. The molecule has 0 nitrogen and oxygen atoms in total. The minimum Gasteiger partial charge on any atom is -0.0843 e. The van der Waals surface area contributed by atoms with Crippen LogP contribution in [0.25, 0.3) is 0 Å². The Balaban J connectivity index is 2.12. The van der Waals surface area contributed by atoms with Crippen molar-refractivity contribution in [3.63, 3.8) is 0 Å². The molecule has 2 aromatic rings. The predicted octanol–water partition coefficient (Wildman–Crippen LogP) is 4.69. The molecule has 0 aliphatic heterocycles. The van der Waals surface area contributed by atoms with Gasteiger partial charge in [-0.25, -0.2) is 0 Å². The van der Waals surface area contributed by atoms with Gasteiger partial charge in [0.2, 0.25) is 0 Å². The fraction of sp³-hybridized carbons (Fsp3) is 0.200. The second-order valence-electron chi connectivity index (χ2n) is 4.15. The van der Waals surface area contributed by atoms with Gasteiger partial charge < -0.3 is 0 Å². The number of halogens is 1. The van der Waals surface area contributed by atoms with Crippen molar-refractivity contribution in [1.82, 2.24) is 0 Å². The van der Waals surface area contributed by atoms with Gasteiger partial charge in [-0.3, -0.25) is 0 Å². The third-order valence-corrected chi connectivity index (χ3v) is 3.04. The van der Waals surface area contributed by atoms with Crippen molar-refractivity contribution in [3.05, 3.63) is 70.7 Å². The molecular formula is C15H15Cl. The molecule has 1 unspecified atom stereocenters. The van der Waals surface area contributed by atoms with Gasteiger partial charge in [-0.05, 0) is 35.6 Å². The highest BCUT2D eigenvalue weighted by Crippen LogP contribution is 2.22. The van der Waals surface area contributed by atoms with Crippen molar-refractivity contribution in [3.8, 4) is 0 Å². The molecule has 1 atom stereocenters. The van der Waals surface area contributed by atoms with E-state index in [0.717, 1.165) is 11.4 Å². The lowest BCUT2D eigenvalue weighted by Crippen LogP contribution is -1.98. The molecule has 0 saturated heterocycles. The van der Waals surface area contributed by atoms with Gasteiger partial charge in [0.15, 0.2) is 0 Å². The summed E-state index contributed by atoms with van der Waals surface area (Å²) in [5.74, 6) is 0.501. The van der Waals surface area contributed by atoms with Crippen LogP contribution in [0, 0.1) is 0 Å². The molecule has 82 valence electrons. The molecule has 0 aromatic heterocycles. The fourth-order valence-corrected chi connectivity index (χ4v) is 2.10. The second kappa shape index (κ2) is 5.18. The summed E-state index contributed by atoms with van der Waals surface area (Å²) in [6.07, 6.45) is 1.06. The van der Waals surface area contributed by atoms with Crippen LogP contribution in [0.5, 0.6) is 0 Å². The molecule has 16 heavy (non-hydrogen) atoms. The summed E-state index contributed by atoms with van der Waals surface area (Å²) in [5.41, 5.74) is 2.67. The van der Waals surface area contributed by atoms with Crippen molar-refractivity contribution in [2.75, 3.05) is 0 Å². The van der Waals surface area contributed by atoms with E-state index in [9.17, 15) is 0 Å². The first-order chi connectivity index (χ1) is 7.75. The Morgan fingerprint density at radius 1 is 1.00 bits per heavy atom. The van der Waals surface area contributed by atoms with Crippen LogP contribution in [0.3, 0.4) is 0 Å². The zero-order chi connectivity index (χ0) is 11.4. The number of benzene rings is 2. The lowest BCUT2D eigenvalue weighted by Gasteiger charge is -2.12. The van der Waals surface area contributed by atoms with Gasteiger partial charge in [0.25, 0.3) is 0 Å². The van der Waals surface area contributed by atoms with E-state index >= 15 is 0 Å². The minimum atomic E-state index is 0.501. The van der Waals surface area contributed by atoms with Gasteiger partial charge in [-0.2, -0.15) is 0 Å². The maximum atomic E-state index is 5.99. The summed E-state index contributed by atoms with van der Waals surface area (Å²) < 4.78 is 0. The molecule has 0 bridgehead atoms. The van der Waals surface area contributed by atoms with E-state index in [0.29, 0.717) is 5.92 Å². The van der Waals surface area contributed by atoms with Gasteiger partial charge >= 0.3 is 0 Å². The Bertz CT molecular complexity index is 448. The quantitative estimate of drug-likeness (QED) is 0.718. The van der Waals surface area contributed by atoms with Crippen LogP contribution in [0.1, 0.15) is 24.0 Å². The van der Waals surface area contributed by atoms with Crippen LogP contribution in [0.15, 0.2) is 54.6 Å². The Labute approximate surface area is 102 Å². The average Bonchev–Trinajstić information content (AvgIpc) is 2.30. The summed E-state index contributed by atoms with van der Waals surface area (Å²) in [6, 6.07) is 18.7. The summed E-state index contributed by atoms with van der Waals surface area (Å²) in [7, 11) is 0. The monoisotopic (exact) mass is 230 g/mol. The topological polar surface area (TPSA) is 0 Å². The zero-order valence-corrected chi connectivity index (χ0v) is 10.1. The van der Waals surface area contributed by atoms with Crippen molar-refractivity contribution >= 4 is 11.6 Å². The van der Waals surface area contributed by atoms with Gasteiger partial charge in [-0.1, -0.05) is 61.0 Å². The van der Waals surface area contributed by atoms with Gasteiger partial charge in [-0.15, -0.1) is 0 Å². The first-order valence-corrected chi connectivity index (χ1v) is 5.93. The van der Waals surface area contributed by atoms with E-state index < -0.39 is 0 Å². The van der Waals surface area contributed by atoms with E-state index in [2.05, 4.69) is 43.3 Å². The molecule has 0 amide bonds. The molecule has 0 radical (unpaired) electrons. The highest BCUT2D eigenvalue weighted by atomic mass is 35.5. The highest BCUT2D eigenvalue weighted by molar-refractivity contribution is 6.30. The smallest absolute Gasteiger partial charge is 0.0408 e. The molecule has 2 aromatic carbocycles. The van der Waals surface area contributed by atoms with Crippen LogP contribution in [0.4, 0.5) is 0 Å². The first-order valence-electron chi connectivity index (χ1n) is 5.55. The SMILES string of the molecule is CC(Cc1ccccc1)c1cccc(Cl)c1. The molecule has 2 rings (SSSR count). The largest absolute Gasteiger partial charge is 0.0843 e. The van der Waals surface area contributed by atoms with E-state index in [-0.39, 0.29) is 0 Å². The molecule has 0 heterocycles.